The van der Waals surface area contributed by atoms with E-state index in [-0.39, 0.29) is 5.60 Å². The largest absolute Gasteiger partial charge is 0.371 e. The van der Waals surface area contributed by atoms with Crippen LogP contribution in [0.4, 0.5) is 5.82 Å². The molecule has 1 saturated heterocycles. The van der Waals surface area contributed by atoms with E-state index in [9.17, 15) is 0 Å². The van der Waals surface area contributed by atoms with Gasteiger partial charge in [-0.2, -0.15) is 5.10 Å². The maximum absolute atomic E-state index is 6.39. The van der Waals surface area contributed by atoms with Crippen LogP contribution >= 0.6 is 0 Å². The van der Waals surface area contributed by atoms with Crippen molar-refractivity contribution in [2.45, 2.75) is 31.3 Å². The molecule has 0 N–H and O–H groups in total. The third kappa shape index (κ3) is 2.49. The summed E-state index contributed by atoms with van der Waals surface area (Å²) in [7, 11) is 0. The summed E-state index contributed by atoms with van der Waals surface area (Å²) in [6.45, 7) is 2.70. The molecule has 0 atom stereocenters. The molecule has 0 bridgehead atoms. The minimum atomic E-state index is 0.0860. The molecule has 2 aliphatic carbocycles. The zero-order valence-electron chi connectivity index (χ0n) is 13.9. The summed E-state index contributed by atoms with van der Waals surface area (Å²) in [5.41, 5.74) is 2.41. The fraction of sp³-hybridized carbons (Fsp3) is 0.500. The Morgan fingerprint density at radius 1 is 1.00 bits per heavy atom. The van der Waals surface area contributed by atoms with Gasteiger partial charge in [0.25, 0.3) is 0 Å². The highest BCUT2D eigenvalue weighted by Crippen LogP contribution is 2.55. The number of rotatable bonds is 4. The fourth-order valence-electron chi connectivity index (χ4n) is 4.23. The highest BCUT2D eigenvalue weighted by Gasteiger charge is 2.57. The average molecular weight is 321 g/mol. The Morgan fingerprint density at radius 2 is 1.75 bits per heavy atom. The smallest absolute Gasteiger partial charge is 0.152 e. The second-order valence-corrected chi connectivity index (χ2v) is 7.44. The Balaban J connectivity index is 1.44. The van der Waals surface area contributed by atoms with Gasteiger partial charge in [-0.25, -0.2) is 0 Å². The van der Waals surface area contributed by atoms with Gasteiger partial charge in [0, 0.05) is 18.7 Å². The molecule has 3 aliphatic rings. The first-order valence-electron chi connectivity index (χ1n) is 9.12. The zero-order chi connectivity index (χ0) is 16.0. The van der Waals surface area contributed by atoms with Crippen LogP contribution in [0.3, 0.4) is 0 Å². The molecule has 2 heterocycles. The Morgan fingerprint density at radius 3 is 2.46 bits per heavy atom. The highest BCUT2D eigenvalue weighted by molar-refractivity contribution is 5.65. The maximum atomic E-state index is 6.39. The van der Waals surface area contributed by atoms with Crippen LogP contribution in [-0.4, -0.2) is 35.5 Å². The lowest BCUT2D eigenvalue weighted by atomic mass is 9.89. The molecule has 4 heteroatoms. The van der Waals surface area contributed by atoms with E-state index in [1.165, 1.54) is 31.2 Å². The molecule has 4 nitrogen and oxygen atoms in total. The second kappa shape index (κ2) is 5.55. The second-order valence-electron chi connectivity index (χ2n) is 7.44. The minimum absolute atomic E-state index is 0.0860. The van der Waals surface area contributed by atoms with Crippen molar-refractivity contribution in [2.24, 2.45) is 11.8 Å². The Hall–Kier alpha value is -1.94. The van der Waals surface area contributed by atoms with E-state index in [0.717, 1.165) is 42.9 Å². The molecule has 1 aromatic carbocycles. The first kappa shape index (κ1) is 14.4. The van der Waals surface area contributed by atoms with Gasteiger partial charge in [0.05, 0.1) is 18.4 Å². The van der Waals surface area contributed by atoms with Crippen LogP contribution in [0.1, 0.15) is 25.7 Å². The summed E-state index contributed by atoms with van der Waals surface area (Å²) in [5, 5.41) is 8.71. The third-order valence-electron chi connectivity index (χ3n) is 5.78. The maximum Gasteiger partial charge on any atom is 0.152 e. The van der Waals surface area contributed by atoms with Crippen molar-refractivity contribution >= 4 is 5.82 Å². The number of morpholine rings is 1. The number of hydrogen-bond donors (Lipinski definition) is 0. The molecule has 0 unspecified atom stereocenters. The quantitative estimate of drug-likeness (QED) is 0.863. The van der Waals surface area contributed by atoms with Crippen molar-refractivity contribution in [3.8, 4) is 11.1 Å². The molecule has 1 aliphatic heterocycles. The number of aromatic nitrogens is 2. The van der Waals surface area contributed by atoms with Gasteiger partial charge < -0.3 is 9.64 Å². The minimum Gasteiger partial charge on any atom is -0.371 e. The van der Waals surface area contributed by atoms with E-state index in [2.05, 4.69) is 45.4 Å². The van der Waals surface area contributed by atoms with Gasteiger partial charge >= 0.3 is 0 Å². The van der Waals surface area contributed by atoms with Crippen molar-refractivity contribution in [3.63, 3.8) is 0 Å². The van der Waals surface area contributed by atoms with E-state index in [4.69, 9.17) is 4.74 Å². The Labute approximate surface area is 142 Å². The number of hydrogen-bond acceptors (Lipinski definition) is 4. The van der Waals surface area contributed by atoms with Crippen molar-refractivity contribution < 1.29 is 4.74 Å². The normalized spacial score (nSPS) is 23.2. The molecule has 3 fully saturated rings. The van der Waals surface area contributed by atoms with Crippen LogP contribution < -0.4 is 4.90 Å². The van der Waals surface area contributed by atoms with Gasteiger partial charge in [-0.15, -0.1) is 5.10 Å². The van der Waals surface area contributed by atoms with Crippen molar-refractivity contribution in [1.29, 1.82) is 0 Å². The standard InChI is InChI=1S/C20H23N3O/c1-2-4-15(5-3-1)16-12-19(22-21-13-16)23-10-11-24-20(14-23,17-6-7-17)18-8-9-18/h1-5,12-13,17-18H,6-11,14H2. The summed E-state index contributed by atoms with van der Waals surface area (Å²) in [6, 6.07) is 12.6. The van der Waals surface area contributed by atoms with Gasteiger partial charge in [0.2, 0.25) is 0 Å². The van der Waals surface area contributed by atoms with E-state index >= 15 is 0 Å². The van der Waals surface area contributed by atoms with Gasteiger partial charge in [-0.05, 0) is 49.1 Å². The monoisotopic (exact) mass is 321 g/mol. The lowest BCUT2D eigenvalue weighted by Crippen LogP contribution is -2.55. The van der Waals surface area contributed by atoms with Crippen molar-refractivity contribution in [3.05, 3.63) is 42.6 Å². The first-order valence-corrected chi connectivity index (χ1v) is 9.12. The molecular formula is C20H23N3O. The molecule has 124 valence electrons. The number of anilines is 1. The van der Waals surface area contributed by atoms with Gasteiger partial charge in [0.15, 0.2) is 5.82 Å². The van der Waals surface area contributed by atoms with E-state index < -0.39 is 0 Å². The molecule has 2 saturated carbocycles. The predicted octanol–water partition coefficient (Wildman–Crippen LogP) is 3.54. The summed E-state index contributed by atoms with van der Waals surface area (Å²) in [4.78, 5) is 2.40. The zero-order valence-corrected chi connectivity index (χ0v) is 13.9. The van der Waals surface area contributed by atoms with Gasteiger partial charge in [-0.1, -0.05) is 30.3 Å². The van der Waals surface area contributed by atoms with Gasteiger partial charge in [-0.3, -0.25) is 0 Å². The number of nitrogens with zero attached hydrogens (tertiary/aromatic N) is 3. The third-order valence-corrected chi connectivity index (χ3v) is 5.78. The van der Waals surface area contributed by atoms with Crippen molar-refractivity contribution in [1.82, 2.24) is 10.2 Å². The van der Waals surface area contributed by atoms with Crippen LogP contribution in [0, 0.1) is 11.8 Å². The summed E-state index contributed by atoms with van der Waals surface area (Å²) in [5.74, 6) is 2.52. The van der Waals surface area contributed by atoms with E-state index in [0.29, 0.717) is 0 Å². The summed E-state index contributed by atoms with van der Waals surface area (Å²) >= 11 is 0. The Bertz CT molecular complexity index is 713. The molecular weight excluding hydrogens is 298 g/mol. The Kier molecular flexibility index (Phi) is 3.33. The number of benzene rings is 1. The van der Waals surface area contributed by atoms with Gasteiger partial charge in [0.1, 0.15) is 0 Å². The summed E-state index contributed by atoms with van der Waals surface area (Å²) < 4.78 is 6.39. The van der Waals surface area contributed by atoms with E-state index in [1.54, 1.807) is 0 Å². The molecule has 5 rings (SSSR count). The molecule has 24 heavy (non-hydrogen) atoms. The fourth-order valence-corrected chi connectivity index (χ4v) is 4.23. The van der Waals surface area contributed by atoms with Crippen molar-refractivity contribution in [2.75, 3.05) is 24.6 Å². The lowest BCUT2D eigenvalue weighted by Gasteiger charge is -2.44. The SMILES string of the molecule is c1ccc(-c2cnnc(N3CCOC(C4CC4)(C4CC4)C3)c2)cc1. The molecule has 1 aromatic heterocycles. The van der Waals surface area contributed by atoms with Crippen LogP contribution in [0.25, 0.3) is 11.1 Å². The lowest BCUT2D eigenvalue weighted by molar-refractivity contribution is -0.0875. The first-order chi connectivity index (χ1) is 11.9. The van der Waals surface area contributed by atoms with E-state index in [1.807, 2.05) is 12.3 Å². The molecule has 0 spiro atoms. The molecule has 0 amide bonds. The predicted molar refractivity (Wildman–Crippen MR) is 93.8 cm³/mol. The molecule has 0 radical (unpaired) electrons. The molecule has 2 aromatic rings. The number of ether oxygens (including phenoxy) is 1. The van der Waals surface area contributed by atoms with Crippen LogP contribution in [0.5, 0.6) is 0 Å². The average Bonchev–Trinajstić information content (AvgIpc) is 3.54. The topological polar surface area (TPSA) is 38.2 Å². The highest BCUT2D eigenvalue weighted by atomic mass is 16.5. The van der Waals surface area contributed by atoms with Crippen LogP contribution in [-0.2, 0) is 4.74 Å². The van der Waals surface area contributed by atoms with Crippen LogP contribution in [0.2, 0.25) is 0 Å². The summed E-state index contributed by atoms with van der Waals surface area (Å²) in [6.07, 6.45) is 7.19. The van der Waals surface area contributed by atoms with Crippen LogP contribution in [0.15, 0.2) is 42.6 Å².